The van der Waals surface area contributed by atoms with E-state index in [9.17, 15) is 9.59 Å². The molecule has 0 saturated heterocycles. The van der Waals surface area contributed by atoms with Gasteiger partial charge in [0.15, 0.2) is 0 Å². The predicted molar refractivity (Wildman–Crippen MR) is 92.4 cm³/mol. The summed E-state index contributed by atoms with van der Waals surface area (Å²) < 4.78 is 15.8. The van der Waals surface area contributed by atoms with Crippen LogP contribution in [0.25, 0.3) is 0 Å². The van der Waals surface area contributed by atoms with Gasteiger partial charge in [0.25, 0.3) is 11.8 Å². The first kappa shape index (κ1) is 19.9. The van der Waals surface area contributed by atoms with Gasteiger partial charge in [-0.3, -0.25) is 9.59 Å². The van der Waals surface area contributed by atoms with Crippen LogP contribution >= 0.6 is 0 Å². The third-order valence-electron chi connectivity index (χ3n) is 3.30. The van der Waals surface area contributed by atoms with Crippen molar-refractivity contribution in [3.05, 3.63) is 18.2 Å². The molecule has 0 saturated carbocycles. The minimum atomic E-state index is -0.564. The van der Waals surface area contributed by atoms with Crippen LogP contribution in [0, 0.1) is 0 Å². The summed E-state index contributed by atoms with van der Waals surface area (Å²) in [4.78, 5) is 24.0. The van der Waals surface area contributed by atoms with Gasteiger partial charge in [-0.25, -0.2) is 0 Å². The highest BCUT2D eigenvalue weighted by Gasteiger charge is 2.17. The third-order valence-corrected chi connectivity index (χ3v) is 3.30. The van der Waals surface area contributed by atoms with E-state index in [1.807, 2.05) is 13.8 Å². The number of hydrogen-bond acceptors (Lipinski definition) is 5. The monoisotopic (exact) mass is 338 g/mol. The van der Waals surface area contributed by atoms with Gasteiger partial charge in [0.05, 0.1) is 12.8 Å². The minimum absolute atomic E-state index is 0.249. The Morgan fingerprint density at radius 1 is 1.00 bits per heavy atom. The van der Waals surface area contributed by atoms with E-state index in [-0.39, 0.29) is 11.8 Å². The van der Waals surface area contributed by atoms with Crippen molar-refractivity contribution in [2.24, 2.45) is 0 Å². The average Bonchev–Trinajstić information content (AvgIpc) is 2.56. The lowest BCUT2D eigenvalue weighted by molar-refractivity contribution is -0.126. The Balaban J connectivity index is 2.81. The second-order valence-electron chi connectivity index (χ2n) is 5.09. The number of rotatable bonds is 9. The number of methoxy groups -OCH3 is 1. The first-order valence-electron chi connectivity index (χ1n) is 7.95. The lowest BCUT2D eigenvalue weighted by Crippen LogP contribution is -2.28. The standard InChI is InChI=1S/C17H26N2O5/c1-6-23-11(3)16(20)18-13-8-9-14(15(10-13)22-5)19-17(21)12(4)24-7-2/h8-12H,6-7H2,1-5H3,(H,18,20)(H,19,21)/t11-,12-/m1/s1. The maximum atomic E-state index is 12.0. The fourth-order valence-electron chi connectivity index (χ4n) is 2.00. The van der Waals surface area contributed by atoms with Crippen LogP contribution in [0.2, 0.25) is 0 Å². The van der Waals surface area contributed by atoms with Crippen molar-refractivity contribution < 1.29 is 23.8 Å². The minimum Gasteiger partial charge on any atom is -0.494 e. The molecule has 0 aliphatic heterocycles. The molecule has 0 aromatic heterocycles. The fraction of sp³-hybridized carbons (Fsp3) is 0.529. The zero-order valence-corrected chi connectivity index (χ0v) is 14.8. The number of anilines is 2. The summed E-state index contributed by atoms with van der Waals surface area (Å²) in [5.74, 6) is -0.0773. The van der Waals surface area contributed by atoms with Crippen molar-refractivity contribution in [3.63, 3.8) is 0 Å². The van der Waals surface area contributed by atoms with Crippen molar-refractivity contribution >= 4 is 23.2 Å². The normalized spacial score (nSPS) is 13.0. The number of hydrogen-bond donors (Lipinski definition) is 2. The Morgan fingerprint density at radius 2 is 1.54 bits per heavy atom. The van der Waals surface area contributed by atoms with E-state index < -0.39 is 12.2 Å². The van der Waals surface area contributed by atoms with E-state index in [1.54, 1.807) is 32.0 Å². The van der Waals surface area contributed by atoms with E-state index in [2.05, 4.69) is 10.6 Å². The molecular weight excluding hydrogens is 312 g/mol. The van der Waals surface area contributed by atoms with Gasteiger partial charge in [0.2, 0.25) is 0 Å². The summed E-state index contributed by atoms with van der Waals surface area (Å²) >= 11 is 0. The molecule has 0 unspecified atom stereocenters. The number of carbonyl (C=O) groups is 2. The van der Waals surface area contributed by atoms with Gasteiger partial charge < -0.3 is 24.8 Å². The van der Waals surface area contributed by atoms with Gasteiger partial charge in [-0.2, -0.15) is 0 Å². The third kappa shape index (κ3) is 5.82. The van der Waals surface area contributed by atoms with Crippen LogP contribution in [0.3, 0.4) is 0 Å². The quantitative estimate of drug-likeness (QED) is 0.722. The Hall–Kier alpha value is -2.12. The smallest absolute Gasteiger partial charge is 0.253 e. The summed E-state index contributed by atoms with van der Waals surface area (Å²) in [6, 6.07) is 4.98. The van der Waals surface area contributed by atoms with Crippen LogP contribution in [0.1, 0.15) is 27.7 Å². The number of ether oxygens (including phenoxy) is 3. The summed E-state index contributed by atoms with van der Waals surface area (Å²) in [6.07, 6.45) is -1.11. The molecule has 2 atom stereocenters. The predicted octanol–water partition coefficient (Wildman–Crippen LogP) is 2.42. The molecule has 1 rings (SSSR count). The first-order valence-corrected chi connectivity index (χ1v) is 7.95. The van der Waals surface area contributed by atoms with Crippen LogP contribution in [-0.4, -0.2) is 44.3 Å². The van der Waals surface area contributed by atoms with Crippen LogP contribution in [0.5, 0.6) is 5.75 Å². The number of benzene rings is 1. The summed E-state index contributed by atoms with van der Waals surface area (Å²) in [5.41, 5.74) is 1.06. The molecule has 2 amide bonds. The van der Waals surface area contributed by atoms with Crippen LogP contribution in [-0.2, 0) is 19.1 Å². The summed E-state index contributed by atoms with van der Waals surface area (Å²) in [6.45, 7) is 7.92. The Labute approximate surface area is 142 Å². The largest absolute Gasteiger partial charge is 0.494 e. The first-order chi connectivity index (χ1) is 11.4. The highest BCUT2D eigenvalue weighted by Crippen LogP contribution is 2.28. The molecule has 0 aliphatic carbocycles. The highest BCUT2D eigenvalue weighted by molar-refractivity contribution is 5.97. The van der Waals surface area contributed by atoms with Gasteiger partial charge in [0, 0.05) is 25.0 Å². The van der Waals surface area contributed by atoms with Crippen LogP contribution in [0.15, 0.2) is 18.2 Å². The van der Waals surface area contributed by atoms with E-state index in [1.165, 1.54) is 7.11 Å². The van der Waals surface area contributed by atoms with Gasteiger partial charge in [-0.1, -0.05) is 0 Å². The zero-order chi connectivity index (χ0) is 18.1. The van der Waals surface area contributed by atoms with Crippen LogP contribution < -0.4 is 15.4 Å². The van der Waals surface area contributed by atoms with Crippen molar-refractivity contribution in [2.45, 2.75) is 39.9 Å². The fourth-order valence-corrected chi connectivity index (χ4v) is 2.00. The van der Waals surface area contributed by atoms with E-state index in [4.69, 9.17) is 14.2 Å². The zero-order valence-electron chi connectivity index (χ0n) is 14.8. The molecule has 0 aliphatic rings. The van der Waals surface area contributed by atoms with Crippen molar-refractivity contribution in [2.75, 3.05) is 31.0 Å². The molecule has 1 aromatic rings. The lowest BCUT2D eigenvalue weighted by atomic mass is 10.2. The number of carbonyl (C=O) groups excluding carboxylic acids is 2. The Morgan fingerprint density at radius 3 is 2.04 bits per heavy atom. The second-order valence-corrected chi connectivity index (χ2v) is 5.09. The van der Waals surface area contributed by atoms with E-state index in [0.717, 1.165) is 0 Å². The molecule has 0 bridgehead atoms. The van der Waals surface area contributed by atoms with Gasteiger partial charge in [-0.15, -0.1) is 0 Å². The molecule has 0 fully saturated rings. The molecule has 24 heavy (non-hydrogen) atoms. The lowest BCUT2D eigenvalue weighted by Gasteiger charge is -2.16. The van der Waals surface area contributed by atoms with Crippen molar-refractivity contribution in [1.29, 1.82) is 0 Å². The maximum Gasteiger partial charge on any atom is 0.253 e. The average molecular weight is 338 g/mol. The molecule has 7 nitrogen and oxygen atoms in total. The van der Waals surface area contributed by atoms with Gasteiger partial charge >= 0.3 is 0 Å². The summed E-state index contributed by atoms with van der Waals surface area (Å²) in [7, 11) is 1.49. The highest BCUT2D eigenvalue weighted by atomic mass is 16.5. The molecule has 0 heterocycles. The Bertz CT molecular complexity index is 562. The number of nitrogens with one attached hydrogen (secondary N) is 2. The molecular formula is C17H26N2O5. The second kappa shape index (κ2) is 9.89. The molecule has 0 spiro atoms. The van der Waals surface area contributed by atoms with Crippen LogP contribution in [0.4, 0.5) is 11.4 Å². The Kier molecular flexibility index (Phi) is 8.21. The van der Waals surface area contributed by atoms with Crippen molar-refractivity contribution in [3.8, 4) is 5.75 Å². The van der Waals surface area contributed by atoms with Crippen molar-refractivity contribution in [1.82, 2.24) is 0 Å². The number of amides is 2. The molecule has 2 N–H and O–H groups in total. The van der Waals surface area contributed by atoms with E-state index >= 15 is 0 Å². The van der Waals surface area contributed by atoms with Gasteiger partial charge in [-0.05, 0) is 39.8 Å². The summed E-state index contributed by atoms with van der Waals surface area (Å²) in [5, 5.41) is 5.49. The molecule has 1 aromatic carbocycles. The molecule has 0 radical (unpaired) electrons. The molecule has 134 valence electrons. The molecule has 7 heteroatoms. The topological polar surface area (TPSA) is 85.9 Å². The SMILES string of the molecule is CCO[C@H](C)C(=O)Nc1ccc(NC(=O)[C@@H](C)OCC)c(OC)c1. The maximum absolute atomic E-state index is 12.0. The van der Waals surface area contributed by atoms with E-state index in [0.29, 0.717) is 30.3 Å². The van der Waals surface area contributed by atoms with Gasteiger partial charge in [0.1, 0.15) is 18.0 Å².